The minimum Gasteiger partial charge on any atom is -0.482 e. The molecule has 0 aromatic heterocycles. The number of hydrogen-bond donors (Lipinski definition) is 1. The zero-order valence-corrected chi connectivity index (χ0v) is 18.1. The number of para-hydroxylation sites is 1. The molecular formula is C24H16Cl2N2O4. The van der Waals surface area contributed by atoms with Gasteiger partial charge in [-0.3, -0.25) is 0 Å². The highest BCUT2D eigenvalue weighted by Gasteiger charge is 2.31. The van der Waals surface area contributed by atoms with Crippen LogP contribution < -0.4 is 19.9 Å². The first-order chi connectivity index (χ1) is 15.5. The molecule has 1 unspecified atom stereocenters. The van der Waals surface area contributed by atoms with Crippen LogP contribution in [-0.4, -0.2) is 12.6 Å². The lowest BCUT2D eigenvalue weighted by Gasteiger charge is -2.27. The molecule has 0 bridgehead atoms. The van der Waals surface area contributed by atoms with E-state index in [0.29, 0.717) is 27.1 Å². The quantitative estimate of drug-likeness (QED) is 0.410. The second kappa shape index (κ2) is 9.23. The fraction of sp³-hybridized carbons (Fsp3) is 0.0833. The number of carbonyl (C=O) groups excluding carboxylic acids is 1. The Morgan fingerprint density at radius 3 is 2.53 bits per heavy atom. The maximum absolute atomic E-state index is 12.2. The van der Waals surface area contributed by atoms with Gasteiger partial charge in [-0.05, 0) is 35.9 Å². The Kier molecular flexibility index (Phi) is 6.22. The summed E-state index contributed by atoms with van der Waals surface area (Å²) in [5.41, 5.74) is 7.66. The molecule has 0 saturated carbocycles. The molecule has 0 spiro atoms. The van der Waals surface area contributed by atoms with Gasteiger partial charge in [0.05, 0.1) is 16.0 Å². The van der Waals surface area contributed by atoms with Crippen LogP contribution >= 0.6 is 23.2 Å². The number of esters is 1. The summed E-state index contributed by atoms with van der Waals surface area (Å²) in [4.78, 5) is 12.2. The van der Waals surface area contributed by atoms with Gasteiger partial charge in [-0.25, -0.2) is 4.79 Å². The third-order valence-electron chi connectivity index (χ3n) is 4.80. The van der Waals surface area contributed by atoms with Crippen LogP contribution in [0, 0.1) is 11.3 Å². The Hall–Kier alpha value is -3.66. The van der Waals surface area contributed by atoms with Crippen molar-refractivity contribution >= 4 is 29.2 Å². The van der Waals surface area contributed by atoms with Crippen LogP contribution in [0.3, 0.4) is 0 Å². The van der Waals surface area contributed by atoms with Gasteiger partial charge in [0.1, 0.15) is 28.9 Å². The molecule has 1 aliphatic rings. The molecule has 1 heterocycles. The first-order valence-electron chi connectivity index (χ1n) is 9.51. The number of rotatable bonds is 5. The van der Waals surface area contributed by atoms with E-state index >= 15 is 0 Å². The summed E-state index contributed by atoms with van der Waals surface area (Å²) in [6.07, 6.45) is 0. The summed E-state index contributed by atoms with van der Waals surface area (Å²) in [5, 5.41) is 10.4. The fourth-order valence-corrected chi connectivity index (χ4v) is 3.66. The maximum Gasteiger partial charge on any atom is 0.349 e. The van der Waals surface area contributed by atoms with Crippen molar-refractivity contribution in [2.45, 2.75) is 5.92 Å². The lowest BCUT2D eigenvalue weighted by molar-refractivity contribution is -0.136. The molecule has 0 amide bonds. The molecule has 8 heteroatoms. The van der Waals surface area contributed by atoms with Crippen molar-refractivity contribution in [3.8, 4) is 23.3 Å². The lowest BCUT2D eigenvalue weighted by Crippen LogP contribution is -2.21. The van der Waals surface area contributed by atoms with Crippen LogP contribution in [0.1, 0.15) is 17.0 Å². The molecule has 6 nitrogen and oxygen atoms in total. The SMILES string of the molecule is N#CC1=C(N)Oc2cc(OC(=O)COc3ccccc3)ccc2C1c1ccc(Cl)c(Cl)c1. The predicted octanol–water partition coefficient (Wildman–Crippen LogP) is 5.20. The molecule has 3 aromatic carbocycles. The maximum atomic E-state index is 12.2. The van der Waals surface area contributed by atoms with Gasteiger partial charge in [-0.15, -0.1) is 0 Å². The number of ether oxygens (including phenoxy) is 3. The molecule has 4 rings (SSSR count). The molecule has 1 atom stereocenters. The van der Waals surface area contributed by atoms with Gasteiger partial charge in [-0.2, -0.15) is 5.26 Å². The third kappa shape index (κ3) is 4.50. The van der Waals surface area contributed by atoms with Crippen LogP contribution in [-0.2, 0) is 4.79 Å². The molecule has 1 aliphatic heterocycles. The highest BCUT2D eigenvalue weighted by Crippen LogP contribution is 2.44. The minimum absolute atomic E-state index is 0.0352. The van der Waals surface area contributed by atoms with Crippen LogP contribution in [0.4, 0.5) is 0 Å². The second-order valence-electron chi connectivity index (χ2n) is 6.87. The van der Waals surface area contributed by atoms with E-state index in [4.69, 9.17) is 43.1 Å². The molecule has 2 N–H and O–H groups in total. The van der Waals surface area contributed by atoms with Crippen molar-refractivity contribution in [3.05, 3.63) is 99.4 Å². The summed E-state index contributed by atoms with van der Waals surface area (Å²) >= 11 is 12.2. The second-order valence-corrected chi connectivity index (χ2v) is 7.69. The standard InChI is InChI=1S/C24H16Cl2N2O4/c25-19-9-6-14(10-20(19)26)23-17-8-7-16(11-21(17)32-24(28)18(23)12-27)31-22(29)13-30-15-4-2-1-3-5-15/h1-11,23H,13,28H2. The van der Waals surface area contributed by atoms with Gasteiger partial charge in [0.25, 0.3) is 0 Å². The largest absolute Gasteiger partial charge is 0.482 e. The molecule has 0 radical (unpaired) electrons. The molecule has 0 fully saturated rings. The van der Waals surface area contributed by atoms with E-state index in [-0.39, 0.29) is 23.8 Å². The van der Waals surface area contributed by atoms with E-state index in [9.17, 15) is 10.1 Å². The van der Waals surface area contributed by atoms with Crippen molar-refractivity contribution < 1.29 is 19.0 Å². The van der Waals surface area contributed by atoms with Gasteiger partial charge in [0.2, 0.25) is 5.88 Å². The van der Waals surface area contributed by atoms with Gasteiger partial charge >= 0.3 is 5.97 Å². The van der Waals surface area contributed by atoms with E-state index in [2.05, 4.69) is 6.07 Å². The number of nitrogens with two attached hydrogens (primary N) is 1. The van der Waals surface area contributed by atoms with Crippen LogP contribution in [0.15, 0.2) is 78.2 Å². The minimum atomic E-state index is -0.577. The van der Waals surface area contributed by atoms with Crippen molar-refractivity contribution in [2.24, 2.45) is 5.73 Å². The number of hydrogen-bond acceptors (Lipinski definition) is 6. The van der Waals surface area contributed by atoms with Gasteiger partial charge in [-0.1, -0.05) is 53.5 Å². The van der Waals surface area contributed by atoms with Crippen molar-refractivity contribution in [2.75, 3.05) is 6.61 Å². The number of allylic oxidation sites excluding steroid dienone is 1. The number of nitrogens with zero attached hydrogens (tertiary/aromatic N) is 1. The average Bonchev–Trinajstić information content (AvgIpc) is 2.79. The zero-order valence-electron chi connectivity index (χ0n) is 16.5. The summed E-state index contributed by atoms with van der Waals surface area (Å²) < 4.78 is 16.4. The first kappa shape index (κ1) is 21.6. The fourth-order valence-electron chi connectivity index (χ4n) is 3.35. The highest BCUT2D eigenvalue weighted by molar-refractivity contribution is 6.42. The number of nitriles is 1. The molecule has 32 heavy (non-hydrogen) atoms. The Morgan fingerprint density at radius 1 is 1.03 bits per heavy atom. The van der Waals surface area contributed by atoms with E-state index in [0.717, 1.165) is 5.56 Å². The lowest BCUT2D eigenvalue weighted by atomic mass is 9.83. The summed E-state index contributed by atoms with van der Waals surface area (Å²) in [6, 6.07) is 21.0. The van der Waals surface area contributed by atoms with E-state index in [1.807, 2.05) is 6.07 Å². The van der Waals surface area contributed by atoms with Gasteiger partial charge in [0.15, 0.2) is 6.61 Å². The number of halogens is 2. The van der Waals surface area contributed by atoms with Crippen molar-refractivity contribution in [3.63, 3.8) is 0 Å². The van der Waals surface area contributed by atoms with Gasteiger partial charge < -0.3 is 19.9 Å². The van der Waals surface area contributed by atoms with Crippen LogP contribution in [0.5, 0.6) is 17.2 Å². The number of fused-ring (bicyclic) bond motifs is 1. The van der Waals surface area contributed by atoms with E-state index in [1.54, 1.807) is 60.7 Å². The molecule has 3 aromatic rings. The Bertz CT molecular complexity index is 1250. The molecular weight excluding hydrogens is 451 g/mol. The van der Waals surface area contributed by atoms with Crippen LogP contribution in [0.25, 0.3) is 0 Å². The number of benzene rings is 3. The Morgan fingerprint density at radius 2 is 1.81 bits per heavy atom. The predicted molar refractivity (Wildman–Crippen MR) is 120 cm³/mol. The van der Waals surface area contributed by atoms with Gasteiger partial charge in [0, 0.05) is 11.6 Å². The third-order valence-corrected chi connectivity index (χ3v) is 5.54. The van der Waals surface area contributed by atoms with E-state index in [1.165, 1.54) is 0 Å². The summed E-state index contributed by atoms with van der Waals surface area (Å²) in [5.74, 6) is 0.0616. The molecule has 160 valence electrons. The Labute approximate surface area is 194 Å². The van der Waals surface area contributed by atoms with Crippen molar-refractivity contribution in [1.29, 1.82) is 5.26 Å². The number of carbonyl (C=O) groups is 1. The molecule has 0 saturated heterocycles. The Balaban J connectivity index is 1.58. The normalized spacial score (nSPS) is 14.7. The molecule has 0 aliphatic carbocycles. The summed E-state index contributed by atoms with van der Waals surface area (Å²) in [7, 11) is 0. The van der Waals surface area contributed by atoms with Crippen LogP contribution in [0.2, 0.25) is 10.0 Å². The summed E-state index contributed by atoms with van der Waals surface area (Å²) in [6.45, 7) is -0.255. The highest BCUT2D eigenvalue weighted by atomic mass is 35.5. The monoisotopic (exact) mass is 466 g/mol. The average molecular weight is 467 g/mol. The van der Waals surface area contributed by atoms with Crippen molar-refractivity contribution in [1.82, 2.24) is 0 Å². The first-order valence-corrected chi connectivity index (χ1v) is 10.3. The smallest absolute Gasteiger partial charge is 0.349 e. The topological polar surface area (TPSA) is 94.6 Å². The zero-order chi connectivity index (χ0) is 22.7. The van der Waals surface area contributed by atoms with E-state index < -0.39 is 11.9 Å².